The number of hydrogen-bond donors (Lipinski definition) is 0. The van der Waals surface area contributed by atoms with Crippen LogP contribution in [0.4, 0.5) is 0 Å². The van der Waals surface area contributed by atoms with Crippen LogP contribution in [0.3, 0.4) is 0 Å². The molecule has 0 aromatic heterocycles. The van der Waals surface area contributed by atoms with E-state index < -0.39 is 0 Å². The van der Waals surface area contributed by atoms with Crippen molar-refractivity contribution in [1.29, 1.82) is 0 Å². The lowest BCUT2D eigenvalue weighted by Crippen LogP contribution is -2.37. The lowest BCUT2D eigenvalue weighted by molar-refractivity contribution is -0.122. The quantitative estimate of drug-likeness (QED) is 0.534. The molecule has 2 rings (SSSR count). The second-order valence-electron chi connectivity index (χ2n) is 2.54. The van der Waals surface area contributed by atoms with Crippen LogP contribution in [-0.2, 0) is 4.79 Å². The van der Waals surface area contributed by atoms with Gasteiger partial charge < -0.3 is 4.90 Å². The number of hydrogen-bond acceptors (Lipinski definition) is 3. The maximum absolute atomic E-state index is 11.3. The second-order valence-corrected chi connectivity index (χ2v) is 2.54. The number of likely N-dealkylation sites (N-methyl/N-ethyl adjacent to an activating group) is 1. The number of amides is 1. The summed E-state index contributed by atoms with van der Waals surface area (Å²) in [4.78, 5) is 12.9. The summed E-state index contributed by atoms with van der Waals surface area (Å²) in [6.45, 7) is 0.652. The van der Waals surface area contributed by atoms with E-state index in [0.29, 0.717) is 12.3 Å². The third-order valence-electron chi connectivity index (χ3n) is 1.76. The Bertz CT molecular complexity index is 306. The molecule has 0 radical (unpaired) electrons. The lowest BCUT2D eigenvalue weighted by atomic mass is 10.1. The minimum absolute atomic E-state index is 0. The van der Waals surface area contributed by atoms with Gasteiger partial charge >= 0.3 is 0 Å². The van der Waals surface area contributed by atoms with Crippen molar-refractivity contribution in [1.82, 2.24) is 4.90 Å². The summed E-state index contributed by atoms with van der Waals surface area (Å²) in [7, 11) is 1.75. The molecule has 2 heterocycles. The van der Waals surface area contributed by atoms with Crippen molar-refractivity contribution in [3.63, 3.8) is 0 Å². The molecular formula is C7H8ClN3O. The van der Waals surface area contributed by atoms with Gasteiger partial charge in [0.15, 0.2) is 5.71 Å². The highest BCUT2D eigenvalue weighted by Crippen LogP contribution is 2.11. The van der Waals surface area contributed by atoms with Gasteiger partial charge in [0.25, 0.3) is 5.91 Å². The normalized spacial score (nSPS) is 19.8. The molecule has 0 bridgehead atoms. The van der Waals surface area contributed by atoms with Crippen molar-refractivity contribution in [3.8, 4) is 0 Å². The van der Waals surface area contributed by atoms with Crippen molar-refractivity contribution >= 4 is 30.2 Å². The summed E-state index contributed by atoms with van der Waals surface area (Å²) >= 11 is 0. The molecule has 0 aliphatic carbocycles. The standard InChI is InChI=1S/C7H7N3O.ClH/c1-10-3-2-5-4-8-9-6(5)7(10)11;/h2,4H,3H2,1H3;1H. The fourth-order valence-corrected chi connectivity index (χ4v) is 1.08. The van der Waals surface area contributed by atoms with E-state index in [0.717, 1.165) is 5.57 Å². The highest BCUT2D eigenvalue weighted by Gasteiger charge is 2.25. The molecule has 2 aliphatic rings. The second kappa shape index (κ2) is 3.06. The van der Waals surface area contributed by atoms with E-state index in [1.165, 1.54) is 0 Å². The minimum Gasteiger partial charge on any atom is -0.337 e. The Kier molecular flexibility index (Phi) is 2.28. The smallest absolute Gasteiger partial charge is 0.275 e. The molecule has 4 nitrogen and oxygen atoms in total. The zero-order valence-corrected chi connectivity index (χ0v) is 7.34. The molecule has 0 saturated heterocycles. The van der Waals surface area contributed by atoms with Gasteiger partial charge in [0.05, 0.1) is 6.21 Å². The molecule has 0 fully saturated rings. The first-order valence-electron chi connectivity index (χ1n) is 3.36. The summed E-state index contributed by atoms with van der Waals surface area (Å²) in [5, 5.41) is 7.38. The van der Waals surface area contributed by atoms with Crippen LogP contribution in [0.5, 0.6) is 0 Å². The maximum Gasteiger partial charge on any atom is 0.275 e. The van der Waals surface area contributed by atoms with Crippen molar-refractivity contribution in [3.05, 3.63) is 11.6 Å². The van der Waals surface area contributed by atoms with Gasteiger partial charge in [-0.15, -0.1) is 17.5 Å². The van der Waals surface area contributed by atoms with Crippen LogP contribution in [0.1, 0.15) is 0 Å². The molecule has 0 aromatic rings. The van der Waals surface area contributed by atoms with Crippen LogP contribution in [0.25, 0.3) is 0 Å². The lowest BCUT2D eigenvalue weighted by Gasteiger charge is -2.19. The molecule has 64 valence electrons. The Morgan fingerprint density at radius 3 is 3.08 bits per heavy atom. The molecule has 0 spiro atoms. The largest absolute Gasteiger partial charge is 0.337 e. The molecule has 2 aliphatic heterocycles. The SMILES string of the molecule is CN1CC=C2C=NN=C2C1=O.Cl. The summed E-state index contributed by atoms with van der Waals surface area (Å²) < 4.78 is 0. The predicted molar refractivity (Wildman–Crippen MR) is 48.9 cm³/mol. The Morgan fingerprint density at radius 1 is 1.58 bits per heavy atom. The summed E-state index contributed by atoms with van der Waals surface area (Å²) in [6, 6.07) is 0. The van der Waals surface area contributed by atoms with Gasteiger partial charge in [-0.3, -0.25) is 4.79 Å². The van der Waals surface area contributed by atoms with Crippen LogP contribution in [0.2, 0.25) is 0 Å². The molecule has 1 amide bonds. The van der Waals surface area contributed by atoms with Crippen LogP contribution in [0, 0.1) is 0 Å². The van der Waals surface area contributed by atoms with E-state index in [2.05, 4.69) is 10.2 Å². The zero-order valence-electron chi connectivity index (χ0n) is 6.52. The average Bonchev–Trinajstić information content (AvgIpc) is 2.45. The highest BCUT2D eigenvalue weighted by molar-refractivity contribution is 6.51. The van der Waals surface area contributed by atoms with Crippen LogP contribution in [-0.4, -0.2) is 36.3 Å². The number of carbonyl (C=O) groups excluding carboxylic acids is 1. The van der Waals surface area contributed by atoms with Crippen LogP contribution in [0.15, 0.2) is 21.9 Å². The average molecular weight is 186 g/mol. The summed E-state index contributed by atoms with van der Waals surface area (Å²) in [5.74, 6) is -0.0417. The molecule has 0 unspecified atom stereocenters. The highest BCUT2D eigenvalue weighted by atomic mass is 35.5. The summed E-state index contributed by atoms with van der Waals surface area (Å²) in [6.07, 6.45) is 3.55. The number of fused-ring (bicyclic) bond motifs is 1. The Labute approximate surface area is 76.1 Å². The maximum atomic E-state index is 11.3. The molecule has 5 heteroatoms. The first kappa shape index (κ1) is 8.93. The molecule has 0 N–H and O–H groups in total. The number of rotatable bonds is 0. The van der Waals surface area contributed by atoms with Gasteiger partial charge in [0, 0.05) is 19.2 Å². The zero-order chi connectivity index (χ0) is 7.84. The van der Waals surface area contributed by atoms with Gasteiger partial charge in [0.2, 0.25) is 0 Å². The fraction of sp³-hybridized carbons (Fsp3) is 0.286. The third kappa shape index (κ3) is 1.14. The van der Waals surface area contributed by atoms with Gasteiger partial charge in [-0.2, -0.15) is 5.10 Å². The molecular weight excluding hydrogens is 178 g/mol. The van der Waals surface area contributed by atoms with E-state index >= 15 is 0 Å². The van der Waals surface area contributed by atoms with Gasteiger partial charge in [-0.25, -0.2) is 0 Å². The first-order chi connectivity index (χ1) is 5.29. The van der Waals surface area contributed by atoms with E-state index in [1.54, 1.807) is 18.2 Å². The minimum atomic E-state index is -0.0417. The van der Waals surface area contributed by atoms with Crippen LogP contribution < -0.4 is 0 Å². The predicted octanol–water partition coefficient (Wildman–Crippen LogP) is 0.247. The van der Waals surface area contributed by atoms with Gasteiger partial charge in [-0.1, -0.05) is 6.08 Å². The first-order valence-corrected chi connectivity index (χ1v) is 3.36. The van der Waals surface area contributed by atoms with E-state index in [4.69, 9.17) is 0 Å². The van der Waals surface area contributed by atoms with Crippen molar-refractivity contribution in [2.45, 2.75) is 0 Å². The number of nitrogens with zero attached hydrogens (tertiary/aromatic N) is 3. The number of halogens is 1. The van der Waals surface area contributed by atoms with Gasteiger partial charge in [-0.05, 0) is 0 Å². The van der Waals surface area contributed by atoms with Crippen molar-refractivity contribution < 1.29 is 4.79 Å². The third-order valence-corrected chi connectivity index (χ3v) is 1.76. The molecule has 12 heavy (non-hydrogen) atoms. The van der Waals surface area contributed by atoms with Crippen molar-refractivity contribution in [2.24, 2.45) is 10.2 Å². The van der Waals surface area contributed by atoms with Crippen molar-refractivity contribution in [2.75, 3.05) is 13.6 Å². The Morgan fingerprint density at radius 2 is 2.33 bits per heavy atom. The molecule has 0 aromatic carbocycles. The van der Waals surface area contributed by atoms with E-state index in [1.807, 2.05) is 6.08 Å². The monoisotopic (exact) mass is 185 g/mol. The summed E-state index contributed by atoms with van der Waals surface area (Å²) in [5.41, 5.74) is 1.33. The number of carbonyl (C=O) groups is 1. The molecule has 0 atom stereocenters. The molecule has 0 saturated carbocycles. The van der Waals surface area contributed by atoms with Gasteiger partial charge in [0.1, 0.15) is 0 Å². The van der Waals surface area contributed by atoms with Crippen LogP contribution >= 0.6 is 12.4 Å². The Hall–Kier alpha value is -1.16. The topological polar surface area (TPSA) is 45.0 Å². The van der Waals surface area contributed by atoms with E-state index in [9.17, 15) is 4.79 Å². The van der Waals surface area contributed by atoms with E-state index in [-0.39, 0.29) is 18.3 Å². The fourth-order valence-electron chi connectivity index (χ4n) is 1.08. The Balaban J connectivity index is 0.000000720.